The van der Waals surface area contributed by atoms with Crippen LogP contribution in [0, 0.1) is 13.0 Å². The molecule has 1 radical (unpaired) electrons. The molecule has 0 amide bonds. The average Bonchev–Trinajstić information content (AvgIpc) is 2.17. The molecule has 0 aliphatic carbocycles. The lowest BCUT2D eigenvalue weighted by molar-refractivity contribution is 0.155. The molecule has 9 heavy (non-hydrogen) atoms. The van der Waals surface area contributed by atoms with Crippen LogP contribution in [0.25, 0.3) is 0 Å². The van der Waals surface area contributed by atoms with Crippen molar-refractivity contribution in [3.63, 3.8) is 0 Å². The molecular formula is C6H8NO2. The maximum Gasteiger partial charge on any atom is 0.170 e. The molecule has 0 aliphatic rings. The van der Waals surface area contributed by atoms with Gasteiger partial charge in [-0.1, -0.05) is 5.16 Å². The van der Waals surface area contributed by atoms with Crippen LogP contribution >= 0.6 is 0 Å². The number of aryl methyl sites for hydroxylation is 1. The van der Waals surface area contributed by atoms with Gasteiger partial charge in [-0.25, -0.2) is 0 Å². The van der Waals surface area contributed by atoms with E-state index in [0.717, 1.165) is 5.69 Å². The Hall–Kier alpha value is -0.830. The maximum atomic E-state index is 4.78. The fourth-order valence-electron chi connectivity index (χ4n) is 0.565. The van der Waals surface area contributed by atoms with Crippen molar-refractivity contribution in [3.8, 4) is 0 Å². The van der Waals surface area contributed by atoms with Gasteiger partial charge in [0.05, 0.1) is 11.8 Å². The van der Waals surface area contributed by atoms with Crippen LogP contribution in [0.4, 0.5) is 0 Å². The van der Waals surface area contributed by atoms with Crippen LogP contribution in [-0.2, 0) is 11.3 Å². The minimum atomic E-state index is 0.445. The van der Waals surface area contributed by atoms with Gasteiger partial charge < -0.3 is 9.26 Å². The summed E-state index contributed by atoms with van der Waals surface area (Å²) in [6.07, 6.45) is 0. The second-order valence-corrected chi connectivity index (χ2v) is 1.75. The van der Waals surface area contributed by atoms with Gasteiger partial charge in [-0.3, -0.25) is 0 Å². The predicted molar refractivity (Wildman–Crippen MR) is 30.8 cm³/mol. The summed E-state index contributed by atoms with van der Waals surface area (Å²) in [4.78, 5) is 0. The van der Waals surface area contributed by atoms with Gasteiger partial charge in [-0.05, 0) is 6.92 Å². The van der Waals surface area contributed by atoms with E-state index >= 15 is 0 Å². The molecule has 49 valence electrons. The Labute approximate surface area is 53.6 Å². The number of nitrogens with zero attached hydrogens (tertiary/aromatic N) is 1. The van der Waals surface area contributed by atoms with Gasteiger partial charge >= 0.3 is 0 Å². The molecule has 0 bridgehead atoms. The maximum absolute atomic E-state index is 4.78. The fraction of sp³-hybridized carbons (Fsp3) is 0.500. The molecule has 0 spiro atoms. The van der Waals surface area contributed by atoms with Crippen molar-refractivity contribution in [1.29, 1.82) is 0 Å². The van der Waals surface area contributed by atoms with Gasteiger partial charge in [-0.2, -0.15) is 0 Å². The van der Waals surface area contributed by atoms with Crippen molar-refractivity contribution in [1.82, 2.24) is 5.16 Å². The molecule has 1 rings (SSSR count). The van der Waals surface area contributed by atoms with Crippen LogP contribution in [-0.4, -0.2) is 12.3 Å². The minimum Gasteiger partial charge on any atom is -0.377 e. The van der Waals surface area contributed by atoms with Crippen LogP contribution in [0.3, 0.4) is 0 Å². The van der Waals surface area contributed by atoms with Gasteiger partial charge in [-0.15, -0.1) is 0 Å². The number of aromatic nitrogens is 1. The Morgan fingerprint density at radius 3 is 3.00 bits per heavy atom. The van der Waals surface area contributed by atoms with Crippen molar-refractivity contribution in [2.45, 2.75) is 13.5 Å². The number of methoxy groups -OCH3 is 1. The van der Waals surface area contributed by atoms with Crippen LogP contribution in [0.2, 0.25) is 0 Å². The van der Waals surface area contributed by atoms with Crippen molar-refractivity contribution in [3.05, 3.63) is 17.5 Å². The summed E-state index contributed by atoms with van der Waals surface area (Å²) >= 11 is 0. The van der Waals surface area contributed by atoms with E-state index in [9.17, 15) is 0 Å². The summed E-state index contributed by atoms with van der Waals surface area (Å²) in [5.74, 6) is 0.648. The van der Waals surface area contributed by atoms with E-state index in [-0.39, 0.29) is 0 Å². The summed E-state index contributed by atoms with van der Waals surface area (Å²) in [5, 5.41) is 3.62. The van der Waals surface area contributed by atoms with E-state index in [4.69, 9.17) is 9.26 Å². The Bertz CT molecular complexity index is 183. The number of ether oxygens (including phenoxy) is 1. The van der Waals surface area contributed by atoms with E-state index in [1.54, 1.807) is 7.11 Å². The van der Waals surface area contributed by atoms with Crippen LogP contribution in [0.5, 0.6) is 0 Å². The van der Waals surface area contributed by atoms with Crippen molar-refractivity contribution in [2.75, 3.05) is 7.11 Å². The highest BCUT2D eigenvalue weighted by molar-refractivity contribution is 4.98. The molecule has 0 fully saturated rings. The molecule has 0 saturated carbocycles. The lowest BCUT2D eigenvalue weighted by atomic mass is 10.4. The van der Waals surface area contributed by atoms with Crippen molar-refractivity contribution >= 4 is 0 Å². The topological polar surface area (TPSA) is 35.3 Å². The fourth-order valence-corrected chi connectivity index (χ4v) is 0.565. The summed E-state index contributed by atoms with van der Waals surface area (Å²) in [7, 11) is 1.60. The first kappa shape index (κ1) is 6.29. The van der Waals surface area contributed by atoms with E-state index < -0.39 is 0 Å². The lowest BCUT2D eigenvalue weighted by Crippen LogP contribution is -1.82. The third-order valence-corrected chi connectivity index (χ3v) is 0.889. The highest BCUT2D eigenvalue weighted by atomic mass is 16.5. The molecule has 0 saturated heterocycles. The highest BCUT2D eigenvalue weighted by Crippen LogP contribution is 2.00. The quantitative estimate of drug-likeness (QED) is 0.591. The Morgan fingerprint density at radius 1 is 1.78 bits per heavy atom. The molecule has 1 aromatic heterocycles. The Kier molecular flexibility index (Phi) is 1.85. The van der Waals surface area contributed by atoms with E-state index in [0.29, 0.717) is 12.4 Å². The van der Waals surface area contributed by atoms with Gasteiger partial charge in [0, 0.05) is 7.11 Å². The monoisotopic (exact) mass is 126 g/mol. The number of rotatable bonds is 2. The smallest absolute Gasteiger partial charge is 0.170 e. The van der Waals surface area contributed by atoms with E-state index in [1.165, 1.54) is 0 Å². The molecule has 0 unspecified atom stereocenters. The minimum absolute atomic E-state index is 0.445. The molecule has 1 aromatic rings. The largest absolute Gasteiger partial charge is 0.377 e. The predicted octanol–water partition coefficient (Wildman–Crippen LogP) is 0.930. The van der Waals surface area contributed by atoms with Crippen LogP contribution < -0.4 is 0 Å². The third kappa shape index (κ3) is 1.54. The molecule has 1 heterocycles. The van der Waals surface area contributed by atoms with Gasteiger partial charge in [0.25, 0.3) is 0 Å². The number of hydrogen-bond acceptors (Lipinski definition) is 3. The summed E-state index contributed by atoms with van der Waals surface area (Å²) < 4.78 is 9.55. The van der Waals surface area contributed by atoms with E-state index in [2.05, 4.69) is 11.2 Å². The van der Waals surface area contributed by atoms with Gasteiger partial charge in [0.2, 0.25) is 0 Å². The molecule has 3 nitrogen and oxygen atoms in total. The van der Waals surface area contributed by atoms with Crippen molar-refractivity contribution < 1.29 is 9.26 Å². The first-order chi connectivity index (χ1) is 4.33. The molecular weight excluding hydrogens is 118 g/mol. The first-order valence-corrected chi connectivity index (χ1v) is 2.66. The third-order valence-electron chi connectivity index (χ3n) is 0.889. The lowest BCUT2D eigenvalue weighted by Gasteiger charge is -1.86. The molecule has 3 heteroatoms. The zero-order valence-corrected chi connectivity index (χ0v) is 5.47. The van der Waals surface area contributed by atoms with Crippen LogP contribution in [0.15, 0.2) is 4.52 Å². The number of hydrogen-bond donors (Lipinski definition) is 0. The van der Waals surface area contributed by atoms with Crippen LogP contribution in [0.1, 0.15) is 11.5 Å². The Morgan fingerprint density at radius 2 is 2.56 bits per heavy atom. The molecule has 0 atom stereocenters. The van der Waals surface area contributed by atoms with Gasteiger partial charge in [0.15, 0.2) is 5.76 Å². The first-order valence-electron chi connectivity index (χ1n) is 2.66. The highest BCUT2D eigenvalue weighted by Gasteiger charge is 1.97. The summed E-state index contributed by atoms with van der Waals surface area (Å²) in [6.45, 7) is 2.27. The second kappa shape index (κ2) is 2.64. The summed E-state index contributed by atoms with van der Waals surface area (Å²) in [5.41, 5.74) is 0.766. The normalized spacial score (nSPS) is 10.0. The van der Waals surface area contributed by atoms with Gasteiger partial charge in [0.1, 0.15) is 6.61 Å². The zero-order valence-electron chi connectivity index (χ0n) is 5.47. The average molecular weight is 126 g/mol. The molecule has 0 N–H and O–H groups in total. The second-order valence-electron chi connectivity index (χ2n) is 1.75. The molecule has 0 aliphatic heterocycles. The SMILES string of the molecule is COCc1[c]c(C)no1. The Balaban J connectivity index is 2.61. The summed E-state index contributed by atoms with van der Waals surface area (Å²) in [6, 6.07) is 2.87. The van der Waals surface area contributed by atoms with Crippen molar-refractivity contribution in [2.24, 2.45) is 0 Å². The molecule has 0 aromatic carbocycles. The standard InChI is InChI=1S/C6H8NO2/c1-5-3-6(4-8-2)9-7-5/h4H2,1-2H3. The zero-order chi connectivity index (χ0) is 6.69. The van der Waals surface area contributed by atoms with E-state index in [1.807, 2.05) is 6.92 Å².